The number of hydrogen-bond acceptors (Lipinski definition) is 5. The lowest BCUT2D eigenvalue weighted by molar-refractivity contribution is -0.122. The number of carbonyl (C=O) groups excluding carboxylic acids is 3. The van der Waals surface area contributed by atoms with E-state index in [-0.39, 0.29) is 36.2 Å². The van der Waals surface area contributed by atoms with Gasteiger partial charge in [0, 0.05) is 11.6 Å². The number of anilines is 1. The lowest BCUT2D eigenvalue weighted by Crippen LogP contribution is -2.28. The summed E-state index contributed by atoms with van der Waals surface area (Å²) in [7, 11) is 0. The Morgan fingerprint density at radius 2 is 1.52 bits per heavy atom. The van der Waals surface area contributed by atoms with Crippen LogP contribution in [0.2, 0.25) is 0 Å². The molecule has 1 aliphatic carbocycles. The summed E-state index contributed by atoms with van der Waals surface area (Å²) < 4.78 is 9.92. The van der Waals surface area contributed by atoms with Gasteiger partial charge < -0.3 is 14.8 Å². The fraction of sp³-hybridized carbons (Fsp3) is 0.471. The molecule has 0 unspecified atom stereocenters. The van der Waals surface area contributed by atoms with Crippen LogP contribution >= 0.6 is 0 Å². The molecule has 1 saturated carbocycles. The molecule has 1 aromatic rings. The Morgan fingerprint density at radius 1 is 1.00 bits per heavy atom. The van der Waals surface area contributed by atoms with Crippen LogP contribution in [0.25, 0.3) is 0 Å². The average Bonchev–Trinajstić information content (AvgIpc) is 2.45. The minimum Gasteiger partial charge on any atom is -0.462 e. The van der Waals surface area contributed by atoms with E-state index in [1.165, 1.54) is 18.2 Å². The predicted molar refractivity (Wildman–Crippen MR) is 84.3 cm³/mol. The first kappa shape index (κ1) is 17.0. The van der Waals surface area contributed by atoms with E-state index in [0.29, 0.717) is 5.69 Å². The Balaban J connectivity index is 2.25. The topological polar surface area (TPSA) is 81.7 Å². The molecule has 6 heteroatoms. The maximum absolute atomic E-state index is 12.1. The van der Waals surface area contributed by atoms with Gasteiger partial charge in [-0.05, 0) is 44.9 Å². The number of hydrogen-bond donors (Lipinski definition) is 1. The fourth-order valence-corrected chi connectivity index (χ4v) is 2.28. The Hall–Kier alpha value is -2.37. The third-order valence-electron chi connectivity index (χ3n) is 3.70. The van der Waals surface area contributed by atoms with Gasteiger partial charge in [-0.2, -0.15) is 0 Å². The van der Waals surface area contributed by atoms with Crippen LogP contribution in [-0.4, -0.2) is 31.1 Å². The average molecular weight is 319 g/mol. The van der Waals surface area contributed by atoms with Gasteiger partial charge in [0.25, 0.3) is 0 Å². The van der Waals surface area contributed by atoms with Gasteiger partial charge in [-0.15, -0.1) is 0 Å². The standard InChI is InChI=1S/C17H21NO5/c1-3-22-16(20)12-8-13(17(21)23-4-2)10-14(9-12)18-15(19)11-6-5-7-11/h8-11H,3-7H2,1-2H3,(H,18,19). The van der Waals surface area contributed by atoms with Gasteiger partial charge in [0.05, 0.1) is 24.3 Å². The van der Waals surface area contributed by atoms with Crippen molar-refractivity contribution in [3.05, 3.63) is 29.3 Å². The van der Waals surface area contributed by atoms with Crippen LogP contribution in [-0.2, 0) is 14.3 Å². The van der Waals surface area contributed by atoms with Crippen molar-refractivity contribution in [1.82, 2.24) is 0 Å². The van der Waals surface area contributed by atoms with Gasteiger partial charge in [-0.25, -0.2) is 9.59 Å². The number of ether oxygens (including phenoxy) is 2. The molecule has 23 heavy (non-hydrogen) atoms. The van der Waals surface area contributed by atoms with E-state index in [1.54, 1.807) is 13.8 Å². The van der Waals surface area contributed by atoms with Crippen molar-refractivity contribution in [3.63, 3.8) is 0 Å². The third kappa shape index (κ3) is 4.31. The molecule has 1 aromatic carbocycles. The monoisotopic (exact) mass is 319 g/mol. The van der Waals surface area contributed by atoms with Crippen LogP contribution in [0.3, 0.4) is 0 Å². The largest absolute Gasteiger partial charge is 0.462 e. The predicted octanol–water partition coefficient (Wildman–Crippen LogP) is 2.78. The van der Waals surface area contributed by atoms with Gasteiger partial charge >= 0.3 is 11.9 Å². The van der Waals surface area contributed by atoms with E-state index in [1.807, 2.05) is 0 Å². The van der Waals surface area contributed by atoms with Gasteiger partial charge in [0.2, 0.25) is 5.91 Å². The fourth-order valence-electron chi connectivity index (χ4n) is 2.28. The Kier molecular flexibility index (Phi) is 5.73. The first-order valence-electron chi connectivity index (χ1n) is 7.85. The number of benzene rings is 1. The van der Waals surface area contributed by atoms with Gasteiger partial charge in [0.1, 0.15) is 0 Å². The molecule has 0 spiro atoms. The molecule has 0 heterocycles. The van der Waals surface area contributed by atoms with E-state index in [4.69, 9.17) is 9.47 Å². The summed E-state index contributed by atoms with van der Waals surface area (Å²) in [4.78, 5) is 35.9. The van der Waals surface area contributed by atoms with Crippen LogP contribution in [0.4, 0.5) is 5.69 Å². The van der Waals surface area contributed by atoms with Gasteiger partial charge in [0.15, 0.2) is 0 Å². The van der Waals surface area contributed by atoms with Crippen LogP contribution in [0.1, 0.15) is 53.8 Å². The van der Waals surface area contributed by atoms with E-state index in [2.05, 4.69) is 5.32 Å². The van der Waals surface area contributed by atoms with Crippen molar-refractivity contribution >= 4 is 23.5 Å². The molecule has 2 rings (SSSR count). The molecule has 0 radical (unpaired) electrons. The maximum Gasteiger partial charge on any atom is 0.338 e. The lowest BCUT2D eigenvalue weighted by Gasteiger charge is -2.24. The SMILES string of the molecule is CCOC(=O)c1cc(NC(=O)C2CCC2)cc(C(=O)OCC)c1. The van der Waals surface area contributed by atoms with Crippen molar-refractivity contribution in [2.24, 2.45) is 5.92 Å². The van der Waals surface area contributed by atoms with E-state index < -0.39 is 11.9 Å². The molecule has 0 atom stereocenters. The Bertz CT molecular complexity index is 571. The second kappa shape index (κ2) is 7.76. The first-order chi connectivity index (χ1) is 11.0. The van der Waals surface area contributed by atoms with Crippen molar-refractivity contribution in [1.29, 1.82) is 0 Å². The maximum atomic E-state index is 12.1. The quantitative estimate of drug-likeness (QED) is 0.815. The smallest absolute Gasteiger partial charge is 0.338 e. The van der Waals surface area contributed by atoms with E-state index in [9.17, 15) is 14.4 Å². The minimum atomic E-state index is -0.544. The minimum absolute atomic E-state index is 0.00675. The molecule has 6 nitrogen and oxygen atoms in total. The molecule has 0 aliphatic heterocycles. The summed E-state index contributed by atoms with van der Waals surface area (Å²) in [6, 6.07) is 4.43. The number of esters is 2. The van der Waals surface area contributed by atoms with Crippen LogP contribution in [0.5, 0.6) is 0 Å². The van der Waals surface area contributed by atoms with Crippen molar-refractivity contribution in [2.45, 2.75) is 33.1 Å². The van der Waals surface area contributed by atoms with Crippen molar-refractivity contribution in [2.75, 3.05) is 18.5 Å². The highest BCUT2D eigenvalue weighted by Gasteiger charge is 2.25. The highest BCUT2D eigenvalue weighted by molar-refractivity contribution is 6.00. The number of nitrogens with one attached hydrogen (secondary N) is 1. The molecule has 124 valence electrons. The molecule has 0 aromatic heterocycles. The number of carbonyl (C=O) groups is 3. The van der Waals surface area contributed by atoms with Crippen LogP contribution < -0.4 is 5.32 Å². The zero-order valence-electron chi connectivity index (χ0n) is 13.4. The molecule has 1 amide bonds. The third-order valence-corrected chi connectivity index (χ3v) is 3.70. The normalized spacial score (nSPS) is 13.8. The van der Waals surface area contributed by atoms with Crippen molar-refractivity contribution < 1.29 is 23.9 Å². The second-order valence-corrected chi connectivity index (χ2v) is 5.36. The summed E-state index contributed by atoms with van der Waals surface area (Å²) in [5.41, 5.74) is 0.818. The molecule has 0 bridgehead atoms. The number of amides is 1. The van der Waals surface area contributed by atoms with E-state index >= 15 is 0 Å². The van der Waals surface area contributed by atoms with Crippen LogP contribution in [0.15, 0.2) is 18.2 Å². The Labute approximate surface area is 135 Å². The number of rotatable bonds is 6. The zero-order valence-corrected chi connectivity index (χ0v) is 13.4. The molecule has 1 N–H and O–H groups in total. The molecule has 1 fully saturated rings. The summed E-state index contributed by atoms with van der Waals surface area (Å²) in [6.07, 6.45) is 2.79. The molecular formula is C17H21NO5. The lowest BCUT2D eigenvalue weighted by atomic mass is 9.85. The highest BCUT2D eigenvalue weighted by Crippen LogP contribution is 2.28. The van der Waals surface area contributed by atoms with Crippen molar-refractivity contribution in [3.8, 4) is 0 Å². The summed E-state index contributed by atoms with van der Waals surface area (Å²) >= 11 is 0. The highest BCUT2D eigenvalue weighted by atomic mass is 16.5. The molecular weight excluding hydrogens is 298 g/mol. The van der Waals surface area contributed by atoms with Gasteiger partial charge in [-0.3, -0.25) is 4.79 Å². The summed E-state index contributed by atoms with van der Waals surface area (Å²) in [5, 5.41) is 2.76. The Morgan fingerprint density at radius 3 is 1.91 bits per heavy atom. The van der Waals surface area contributed by atoms with Crippen LogP contribution in [0, 0.1) is 5.92 Å². The second-order valence-electron chi connectivity index (χ2n) is 5.36. The molecule has 0 saturated heterocycles. The summed E-state index contributed by atoms with van der Waals surface area (Å²) in [5.74, 6) is -1.17. The zero-order chi connectivity index (χ0) is 16.8. The van der Waals surface area contributed by atoms with Gasteiger partial charge in [-0.1, -0.05) is 6.42 Å². The molecule has 1 aliphatic rings. The summed E-state index contributed by atoms with van der Waals surface area (Å²) in [6.45, 7) is 3.86. The first-order valence-corrected chi connectivity index (χ1v) is 7.85. The van der Waals surface area contributed by atoms with E-state index in [0.717, 1.165) is 19.3 Å².